The van der Waals surface area contributed by atoms with Crippen molar-refractivity contribution in [3.05, 3.63) is 82.3 Å². The molecule has 4 nitrogen and oxygen atoms in total. The van der Waals surface area contributed by atoms with Crippen LogP contribution in [0, 0.1) is 0 Å². The maximum atomic E-state index is 13.0. The van der Waals surface area contributed by atoms with Crippen LogP contribution in [-0.2, 0) is 6.54 Å². The van der Waals surface area contributed by atoms with E-state index in [1.807, 2.05) is 48.5 Å². The van der Waals surface area contributed by atoms with E-state index in [4.69, 9.17) is 27.9 Å². The summed E-state index contributed by atoms with van der Waals surface area (Å²) in [4.78, 5) is 14.6. The molecule has 4 rings (SSSR count). The molecule has 0 saturated heterocycles. The topological polar surface area (TPSA) is 41.6 Å². The normalized spacial score (nSPS) is 12.0. The van der Waals surface area contributed by atoms with Crippen LogP contribution in [0.3, 0.4) is 0 Å². The number of ether oxygens (including phenoxy) is 1. The number of carbonyl (C=O) groups is 1. The first-order chi connectivity index (χ1) is 12.6. The minimum Gasteiger partial charge on any atom is -0.453 e. The number of para-hydroxylation sites is 4. The van der Waals surface area contributed by atoms with Crippen molar-refractivity contribution in [2.24, 2.45) is 0 Å². The van der Waals surface area contributed by atoms with Gasteiger partial charge in [-0.05, 0) is 48.0 Å². The number of nitrogens with one attached hydrogen (secondary N) is 1. The van der Waals surface area contributed by atoms with Crippen LogP contribution in [0.5, 0.6) is 11.5 Å². The van der Waals surface area contributed by atoms with E-state index in [0.29, 0.717) is 39.5 Å². The van der Waals surface area contributed by atoms with Gasteiger partial charge in [-0.25, -0.2) is 4.79 Å². The van der Waals surface area contributed by atoms with E-state index >= 15 is 0 Å². The lowest BCUT2D eigenvalue weighted by molar-refractivity contribution is 0.247. The first-order valence-corrected chi connectivity index (χ1v) is 8.76. The van der Waals surface area contributed by atoms with Crippen LogP contribution in [-0.4, -0.2) is 6.03 Å². The largest absolute Gasteiger partial charge is 0.453 e. The van der Waals surface area contributed by atoms with E-state index < -0.39 is 0 Å². The van der Waals surface area contributed by atoms with E-state index in [1.54, 1.807) is 23.1 Å². The molecule has 0 aromatic heterocycles. The summed E-state index contributed by atoms with van der Waals surface area (Å²) in [6.45, 7) is 0.306. The lowest BCUT2D eigenvalue weighted by Crippen LogP contribution is -2.37. The highest BCUT2D eigenvalue weighted by Gasteiger charge is 2.28. The SMILES string of the molecule is O=C(NCc1cc(Cl)cc(Cl)c1)N1c2ccccc2Oc2ccccc21. The highest BCUT2D eigenvalue weighted by atomic mass is 35.5. The van der Waals surface area contributed by atoms with Gasteiger partial charge in [0.2, 0.25) is 0 Å². The van der Waals surface area contributed by atoms with Gasteiger partial charge in [0.15, 0.2) is 11.5 Å². The molecule has 1 aliphatic heterocycles. The number of hydrogen-bond donors (Lipinski definition) is 1. The summed E-state index contributed by atoms with van der Waals surface area (Å²) >= 11 is 12.0. The Morgan fingerprint density at radius 1 is 0.885 bits per heavy atom. The highest BCUT2D eigenvalue weighted by Crippen LogP contribution is 2.46. The average Bonchev–Trinajstić information content (AvgIpc) is 2.63. The number of amides is 2. The van der Waals surface area contributed by atoms with Crippen molar-refractivity contribution in [3.8, 4) is 11.5 Å². The van der Waals surface area contributed by atoms with Crippen molar-refractivity contribution >= 4 is 40.6 Å². The van der Waals surface area contributed by atoms with Crippen molar-refractivity contribution in [1.29, 1.82) is 0 Å². The Balaban J connectivity index is 1.63. The van der Waals surface area contributed by atoms with Gasteiger partial charge >= 0.3 is 6.03 Å². The Bertz CT molecular complexity index is 925. The monoisotopic (exact) mass is 384 g/mol. The minimum absolute atomic E-state index is 0.260. The molecule has 0 fully saturated rings. The highest BCUT2D eigenvalue weighted by molar-refractivity contribution is 6.34. The van der Waals surface area contributed by atoms with Gasteiger partial charge in [0.25, 0.3) is 0 Å². The van der Waals surface area contributed by atoms with E-state index in [0.717, 1.165) is 5.56 Å². The summed E-state index contributed by atoms with van der Waals surface area (Å²) in [5, 5.41) is 3.98. The van der Waals surface area contributed by atoms with Crippen molar-refractivity contribution in [2.75, 3.05) is 4.90 Å². The first-order valence-electron chi connectivity index (χ1n) is 8.01. The third kappa shape index (κ3) is 3.21. The predicted octanol–water partition coefficient (Wildman–Crippen LogP) is 6.15. The molecular weight excluding hydrogens is 371 g/mol. The third-order valence-corrected chi connectivity index (χ3v) is 4.44. The van der Waals surface area contributed by atoms with Crippen molar-refractivity contribution in [1.82, 2.24) is 5.32 Å². The van der Waals surface area contributed by atoms with Gasteiger partial charge in [-0.15, -0.1) is 0 Å². The molecule has 0 radical (unpaired) electrons. The number of nitrogens with zero attached hydrogens (tertiary/aromatic N) is 1. The molecule has 3 aromatic carbocycles. The molecule has 130 valence electrons. The molecule has 3 aromatic rings. The summed E-state index contributed by atoms with van der Waals surface area (Å²) in [5.74, 6) is 1.26. The fourth-order valence-electron chi connectivity index (χ4n) is 2.89. The summed E-state index contributed by atoms with van der Waals surface area (Å²) < 4.78 is 5.90. The van der Waals surface area contributed by atoms with E-state index in [9.17, 15) is 4.79 Å². The van der Waals surface area contributed by atoms with E-state index in [-0.39, 0.29) is 6.03 Å². The molecule has 1 N–H and O–H groups in total. The maximum absolute atomic E-state index is 13.0. The fraction of sp³-hybridized carbons (Fsp3) is 0.0500. The van der Waals surface area contributed by atoms with Gasteiger partial charge in [-0.1, -0.05) is 47.5 Å². The quantitative estimate of drug-likeness (QED) is 0.575. The van der Waals surface area contributed by atoms with Crippen LogP contribution in [0.25, 0.3) is 0 Å². The van der Waals surface area contributed by atoms with E-state index in [1.165, 1.54) is 0 Å². The zero-order valence-corrected chi connectivity index (χ0v) is 15.1. The number of anilines is 2. The molecule has 0 atom stereocenters. The molecule has 0 unspecified atom stereocenters. The average molecular weight is 385 g/mol. The number of urea groups is 1. The molecule has 0 saturated carbocycles. The van der Waals surface area contributed by atoms with Crippen LogP contribution in [0.15, 0.2) is 66.7 Å². The zero-order valence-electron chi connectivity index (χ0n) is 13.6. The van der Waals surface area contributed by atoms with Crippen molar-refractivity contribution in [2.45, 2.75) is 6.54 Å². The molecule has 0 bridgehead atoms. The molecule has 0 aliphatic carbocycles. The Kier molecular flexibility index (Phi) is 4.45. The van der Waals surface area contributed by atoms with Crippen LogP contribution < -0.4 is 15.0 Å². The first kappa shape index (κ1) is 16.8. The Morgan fingerprint density at radius 2 is 1.42 bits per heavy atom. The zero-order chi connectivity index (χ0) is 18.1. The Morgan fingerprint density at radius 3 is 2.00 bits per heavy atom. The van der Waals surface area contributed by atoms with Gasteiger partial charge in [0.1, 0.15) is 0 Å². The molecule has 6 heteroatoms. The lowest BCUT2D eigenvalue weighted by Gasteiger charge is -2.31. The second kappa shape index (κ2) is 6.90. The van der Waals surface area contributed by atoms with Crippen molar-refractivity contribution in [3.63, 3.8) is 0 Å². The number of hydrogen-bond acceptors (Lipinski definition) is 2. The van der Waals surface area contributed by atoms with Gasteiger partial charge in [0.05, 0.1) is 11.4 Å². The summed E-state index contributed by atoms with van der Waals surface area (Å²) in [5.41, 5.74) is 2.20. The molecule has 0 spiro atoms. The van der Waals surface area contributed by atoms with Crippen LogP contribution in [0.2, 0.25) is 10.0 Å². The van der Waals surface area contributed by atoms with E-state index in [2.05, 4.69) is 5.32 Å². The summed E-state index contributed by atoms with van der Waals surface area (Å²) in [6.07, 6.45) is 0. The van der Waals surface area contributed by atoms with Crippen molar-refractivity contribution < 1.29 is 9.53 Å². The molecular formula is C20H14Cl2N2O2. The summed E-state index contributed by atoms with van der Waals surface area (Å²) in [7, 11) is 0. The van der Waals surface area contributed by atoms with Crippen LogP contribution >= 0.6 is 23.2 Å². The maximum Gasteiger partial charge on any atom is 0.327 e. The Hall–Kier alpha value is -2.69. The molecule has 1 aliphatic rings. The second-order valence-electron chi connectivity index (χ2n) is 5.81. The molecule has 26 heavy (non-hydrogen) atoms. The third-order valence-electron chi connectivity index (χ3n) is 4.00. The number of fused-ring (bicyclic) bond motifs is 2. The second-order valence-corrected chi connectivity index (χ2v) is 6.68. The van der Waals surface area contributed by atoms with Gasteiger partial charge in [-0.3, -0.25) is 4.90 Å². The minimum atomic E-state index is -0.260. The van der Waals surface area contributed by atoms with Crippen LogP contribution in [0.1, 0.15) is 5.56 Å². The molecule has 2 amide bonds. The number of halogens is 2. The number of carbonyl (C=O) groups excluding carboxylic acids is 1. The predicted molar refractivity (Wildman–Crippen MR) is 104 cm³/mol. The standard InChI is InChI=1S/C20H14Cl2N2O2/c21-14-9-13(10-15(22)11-14)12-23-20(25)24-16-5-1-3-7-18(16)26-19-8-4-2-6-17(19)24/h1-11H,12H2,(H,23,25). The fourth-order valence-corrected chi connectivity index (χ4v) is 3.46. The van der Waals surface area contributed by atoms with Gasteiger partial charge < -0.3 is 10.1 Å². The summed E-state index contributed by atoms with van der Waals surface area (Å²) in [6, 6.07) is 19.8. The number of rotatable bonds is 2. The smallest absolute Gasteiger partial charge is 0.327 e. The van der Waals surface area contributed by atoms with Gasteiger partial charge in [-0.2, -0.15) is 0 Å². The molecule has 1 heterocycles. The Labute approximate surface area is 160 Å². The number of benzene rings is 3. The lowest BCUT2D eigenvalue weighted by atomic mass is 10.1. The van der Waals surface area contributed by atoms with Gasteiger partial charge in [0, 0.05) is 16.6 Å². The van der Waals surface area contributed by atoms with Crippen LogP contribution in [0.4, 0.5) is 16.2 Å².